The number of likely N-dealkylation sites (tertiary alicyclic amines) is 1. The summed E-state index contributed by atoms with van der Waals surface area (Å²) in [5.41, 5.74) is 2.57. The summed E-state index contributed by atoms with van der Waals surface area (Å²) in [6.07, 6.45) is 11.4. The van der Waals surface area contributed by atoms with E-state index < -0.39 is 0 Å². The van der Waals surface area contributed by atoms with E-state index in [-0.39, 0.29) is 6.10 Å². The molecule has 2 heteroatoms. The van der Waals surface area contributed by atoms with Crippen LogP contribution in [-0.4, -0.2) is 29.1 Å². The first kappa shape index (κ1) is 17.0. The third-order valence-electron chi connectivity index (χ3n) is 6.03. The van der Waals surface area contributed by atoms with Crippen molar-refractivity contribution in [3.05, 3.63) is 35.4 Å². The summed E-state index contributed by atoms with van der Waals surface area (Å²) < 4.78 is 0. The summed E-state index contributed by atoms with van der Waals surface area (Å²) >= 11 is 0. The average molecular weight is 316 g/mol. The lowest BCUT2D eigenvalue weighted by atomic mass is 9.84. The van der Waals surface area contributed by atoms with Crippen molar-refractivity contribution < 1.29 is 5.11 Å². The summed E-state index contributed by atoms with van der Waals surface area (Å²) in [5.74, 6) is 0.754. The number of aliphatic hydroxyl groups is 1. The van der Waals surface area contributed by atoms with Gasteiger partial charge in [-0.3, -0.25) is 0 Å². The molecule has 1 saturated heterocycles. The lowest BCUT2D eigenvalue weighted by Crippen LogP contribution is -2.38. The molecule has 1 heterocycles. The van der Waals surface area contributed by atoms with Gasteiger partial charge in [0, 0.05) is 12.6 Å². The van der Waals surface area contributed by atoms with Crippen LogP contribution in [0.25, 0.3) is 0 Å². The molecule has 0 radical (unpaired) electrons. The molecule has 2 nitrogen and oxygen atoms in total. The molecule has 0 bridgehead atoms. The first-order valence-corrected chi connectivity index (χ1v) is 9.76. The summed E-state index contributed by atoms with van der Waals surface area (Å²) in [6.45, 7) is 4.55. The Bertz CT molecular complexity index is 463. The average Bonchev–Trinajstić information content (AvgIpc) is 2.62. The summed E-state index contributed by atoms with van der Waals surface area (Å²) in [6, 6.07) is 9.53. The summed E-state index contributed by atoms with van der Waals surface area (Å²) in [5, 5.41) is 10.5. The van der Waals surface area contributed by atoms with Gasteiger partial charge in [-0.1, -0.05) is 49.9 Å². The van der Waals surface area contributed by atoms with Crippen LogP contribution in [0.5, 0.6) is 0 Å². The van der Waals surface area contributed by atoms with E-state index in [4.69, 9.17) is 0 Å². The van der Waals surface area contributed by atoms with Crippen molar-refractivity contribution in [1.82, 2.24) is 4.90 Å². The molecular weight excluding hydrogens is 282 g/mol. The molecule has 1 aliphatic heterocycles. The van der Waals surface area contributed by atoms with Crippen LogP contribution in [0.3, 0.4) is 0 Å². The molecule has 0 aromatic heterocycles. The van der Waals surface area contributed by atoms with Crippen LogP contribution in [0.2, 0.25) is 0 Å². The second-order valence-corrected chi connectivity index (χ2v) is 7.69. The van der Waals surface area contributed by atoms with Gasteiger partial charge in [0.15, 0.2) is 0 Å². The highest BCUT2D eigenvalue weighted by atomic mass is 16.3. The molecule has 1 N–H and O–H groups in total. The minimum atomic E-state index is -0.315. The summed E-state index contributed by atoms with van der Waals surface area (Å²) in [7, 11) is 0. The number of nitrogens with zero attached hydrogens (tertiary/aromatic N) is 1. The maximum atomic E-state index is 10.5. The Morgan fingerprint density at radius 3 is 2.39 bits per heavy atom. The van der Waals surface area contributed by atoms with Crippen molar-refractivity contribution in [3.8, 4) is 0 Å². The van der Waals surface area contributed by atoms with Gasteiger partial charge in [-0.05, 0) is 62.6 Å². The molecule has 1 aromatic carbocycles. The van der Waals surface area contributed by atoms with E-state index in [2.05, 4.69) is 36.1 Å². The number of piperidine rings is 1. The maximum absolute atomic E-state index is 10.5. The van der Waals surface area contributed by atoms with Crippen LogP contribution in [0.1, 0.15) is 87.9 Å². The normalized spacial score (nSPS) is 25.4. The Labute approximate surface area is 141 Å². The fraction of sp³-hybridized carbons (Fsp3) is 0.714. The van der Waals surface area contributed by atoms with Crippen molar-refractivity contribution in [2.75, 3.05) is 13.1 Å². The molecule has 2 aliphatic rings. The van der Waals surface area contributed by atoms with Crippen molar-refractivity contribution in [2.24, 2.45) is 0 Å². The third kappa shape index (κ3) is 4.58. The van der Waals surface area contributed by atoms with E-state index in [1.807, 2.05) is 0 Å². The molecule has 128 valence electrons. The molecule has 0 spiro atoms. The largest absolute Gasteiger partial charge is 0.388 e. The van der Waals surface area contributed by atoms with E-state index >= 15 is 0 Å². The lowest BCUT2D eigenvalue weighted by molar-refractivity contribution is 0.109. The Morgan fingerprint density at radius 2 is 1.70 bits per heavy atom. The molecule has 1 saturated carbocycles. The summed E-state index contributed by atoms with van der Waals surface area (Å²) in [4.78, 5) is 2.54. The molecule has 2 fully saturated rings. The zero-order valence-corrected chi connectivity index (χ0v) is 14.7. The van der Waals surface area contributed by atoms with Crippen molar-refractivity contribution in [3.63, 3.8) is 0 Å². The minimum absolute atomic E-state index is 0.315. The highest BCUT2D eigenvalue weighted by Gasteiger charge is 2.20. The maximum Gasteiger partial charge on any atom is 0.0802 e. The quantitative estimate of drug-likeness (QED) is 0.823. The second kappa shape index (κ2) is 8.30. The van der Waals surface area contributed by atoms with Gasteiger partial charge in [0.1, 0.15) is 0 Å². The van der Waals surface area contributed by atoms with Crippen molar-refractivity contribution in [1.29, 1.82) is 0 Å². The number of hydrogen-bond acceptors (Lipinski definition) is 2. The first-order valence-electron chi connectivity index (χ1n) is 9.76. The van der Waals surface area contributed by atoms with Crippen molar-refractivity contribution >= 4 is 0 Å². The number of rotatable bonds is 5. The van der Waals surface area contributed by atoms with Gasteiger partial charge >= 0.3 is 0 Å². The van der Waals surface area contributed by atoms with Crippen LogP contribution in [0, 0.1) is 0 Å². The van der Waals surface area contributed by atoms with Crippen LogP contribution in [0.4, 0.5) is 0 Å². The number of aliphatic hydroxyl groups excluding tert-OH is 1. The molecule has 2 atom stereocenters. The Morgan fingerprint density at radius 1 is 1.00 bits per heavy atom. The molecule has 1 aromatic rings. The molecule has 1 aliphatic carbocycles. The number of hydrogen-bond donors (Lipinski definition) is 1. The van der Waals surface area contributed by atoms with E-state index in [9.17, 15) is 5.11 Å². The smallest absolute Gasteiger partial charge is 0.0802 e. The standard InChI is InChI=1S/C21H33NO/c1-17-7-5-6-15-22(17)16-14-21(23)20-12-10-19(11-13-20)18-8-3-2-4-9-18/h10-13,17-18,21,23H,2-9,14-16H2,1H3. The zero-order valence-electron chi connectivity index (χ0n) is 14.7. The number of benzene rings is 1. The Balaban J connectivity index is 1.51. The SMILES string of the molecule is CC1CCCCN1CCC(O)c1ccc(C2CCCCC2)cc1. The minimum Gasteiger partial charge on any atom is -0.388 e. The van der Waals surface area contributed by atoms with Gasteiger partial charge in [-0.2, -0.15) is 0 Å². The van der Waals surface area contributed by atoms with E-state index in [0.717, 1.165) is 24.4 Å². The fourth-order valence-electron chi connectivity index (χ4n) is 4.37. The zero-order chi connectivity index (χ0) is 16.1. The van der Waals surface area contributed by atoms with Crippen molar-refractivity contribution in [2.45, 2.75) is 82.8 Å². The van der Waals surface area contributed by atoms with Crippen LogP contribution < -0.4 is 0 Å². The lowest BCUT2D eigenvalue weighted by Gasteiger charge is -2.33. The van der Waals surface area contributed by atoms with E-state index in [1.54, 1.807) is 0 Å². The molecule has 0 amide bonds. The molecule has 2 unspecified atom stereocenters. The topological polar surface area (TPSA) is 23.5 Å². The van der Waals surface area contributed by atoms with E-state index in [0.29, 0.717) is 6.04 Å². The third-order valence-corrected chi connectivity index (χ3v) is 6.03. The Hall–Kier alpha value is -0.860. The van der Waals surface area contributed by atoms with Crippen LogP contribution >= 0.6 is 0 Å². The van der Waals surface area contributed by atoms with Gasteiger partial charge < -0.3 is 10.0 Å². The molecule has 3 rings (SSSR count). The van der Waals surface area contributed by atoms with Gasteiger partial charge in [0.05, 0.1) is 6.10 Å². The molecular formula is C21H33NO. The molecule has 23 heavy (non-hydrogen) atoms. The Kier molecular flexibility index (Phi) is 6.13. The highest BCUT2D eigenvalue weighted by Crippen LogP contribution is 2.33. The predicted molar refractivity (Wildman–Crippen MR) is 96.7 cm³/mol. The highest BCUT2D eigenvalue weighted by molar-refractivity contribution is 5.27. The van der Waals surface area contributed by atoms with E-state index in [1.165, 1.54) is 63.5 Å². The van der Waals surface area contributed by atoms with Crippen LogP contribution in [-0.2, 0) is 0 Å². The predicted octanol–water partition coefficient (Wildman–Crippen LogP) is 5.03. The second-order valence-electron chi connectivity index (χ2n) is 7.69. The fourth-order valence-corrected chi connectivity index (χ4v) is 4.37. The van der Waals surface area contributed by atoms with Gasteiger partial charge in [-0.15, -0.1) is 0 Å². The van der Waals surface area contributed by atoms with Gasteiger partial charge in [0.2, 0.25) is 0 Å². The van der Waals surface area contributed by atoms with Crippen LogP contribution in [0.15, 0.2) is 24.3 Å². The first-order chi connectivity index (χ1) is 11.2. The van der Waals surface area contributed by atoms with Gasteiger partial charge in [-0.25, -0.2) is 0 Å². The monoisotopic (exact) mass is 315 g/mol. The van der Waals surface area contributed by atoms with Gasteiger partial charge in [0.25, 0.3) is 0 Å².